The van der Waals surface area contributed by atoms with Gasteiger partial charge in [-0.1, -0.05) is 36.4 Å². The predicted octanol–water partition coefficient (Wildman–Crippen LogP) is 4.19. The standard InChI is InChI=1S/C20H23F2N3.HI/c1-23-20(24-12-10-17-18(21)8-5-9-19(17)22)25-13-11-16(14-25)15-6-3-2-4-7-15;/h2-9,16H,10-14H2,1H3,(H,23,24);1H. The van der Waals surface area contributed by atoms with E-state index in [1.807, 2.05) is 6.07 Å². The van der Waals surface area contributed by atoms with Gasteiger partial charge in [0.2, 0.25) is 0 Å². The van der Waals surface area contributed by atoms with Crippen molar-refractivity contribution in [2.75, 3.05) is 26.7 Å². The minimum Gasteiger partial charge on any atom is -0.356 e. The van der Waals surface area contributed by atoms with Gasteiger partial charge in [0.05, 0.1) is 0 Å². The lowest BCUT2D eigenvalue weighted by molar-refractivity contribution is 0.484. The number of nitrogens with zero attached hydrogens (tertiary/aromatic N) is 2. The maximum absolute atomic E-state index is 13.7. The van der Waals surface area contributed by atoms with Gasteiger partial charge in [0.1, 0.15) is 11.6 Å². The van der Waals surface area contributed by atoms with Crippen molar-refractivity contribution in [3.05, 3.63) is 71.3 Å². The first-order valence-electron chi connectivity index (χ1n) is 8.62. The molecule has 1 atom stereocenters. The van der Waals surface area contributed by atoms with Gasteiger partial charge in [-0.3, -0.25) is 4.99 Å². The molecule has 1 saturated heterocycles. The average molecular weight is 471 g/mol. The molecular formula is C20H24F2IN3. The summed E-state index contributed by atoms with van der Waals surface area (Å²) in [6.45, 7) is 2.27. The summed E-state index contributed by atoms with van der Waals surface area (Å²) in [5.74, 6) is 0.281. The van der Waals surface area contributed by atoms with Crippen molar-refractivity contribution < 1.29 is 8.78 Å². The molecule has 1 unspecified atom stereocenters. The van der Waals surface area contributed by atoms with Crippen LogP contribution in [-0.4, -0.2) is 37.5 Å². The maximum Gasteiger partial charge on any atom is 0.193 e. The first-order chi connectivity index (χ1) is 12.2. The summed E-state index contributed by atoms with van der Waals surface area (Å²) in [5, 5.41) is 3.23. The fourth-order valence-electron chi connectivity index (χ4n) is 3.35. The third-order valence-corrected chi connectivity index (χ3v) is 4.69. The summed E-state index contributed by atoms with van der Waals surface area (Å²) in [4.78, 5) is 6.52. The molecule has 1 N–H and O–H groups in total. The first-order valence-corrected chi connectivity index (χ1v) is 8.62. The Labute approximate surface area is 170 Å². The summed E-state index contributed by atoms with van der Waals surface area (Å²) < 4.78 is 27.4. The fourth-order valence-corrected chi connectivity index (χ4v) is 3.35. The van der Waals surface area contributed by atoms with E-state index < -0.39 is 11.6 Å². The molecule has 0 aliphatic carbocycles. The van der Waals surface area contributed by atoms with Crippen molar-refractivity contribution in [1.29, 1.82) is 0 Å². The van der Waals surface area contributed by atoms with Crippen molar-refractivity contribution >= 4 is 29.9 Å². The van der Waals surface area contributed by atoms with Crippen molar-refractivity contribution in [1.82, 2.24) is 10.2 Å². The highest BCUT2D eigenvalue weighted by atomic mass is 127. The van der Waals surface area contributed by atoms with Crippen LogP contribution in [-0.2, 0) is 6.42 Å². The van der Waals surface area contributed by atoms with E-state index in [4.69, 9.17) is 0 Å². The number of hydrogen-bond acceptors (Lipinski definition) is 1. The lowest BCUT2D eigenvalue weighted by Crippen LogP contribution is -2.40. The number of halogens is 3. The van der Waals surface area contributed by atoms with E-state index in [2.05, 4.69) is 39.5 Å². The molecule has 0 spiro atoms. The van der Waals surface area contributed by atoms with Crippen LogP contribution in [0.3, 0.4) is 0 Å². The van der Waals surface area contributed by atoms with Gasteiger partial charge in [0.25, 0.3) is 0 Å². The molecule has 0 radical (unpaired) electrons. The molecule has 1 fully saturated rings. The molecule has 140 valence electrons. The summed E-state index contributed by atoms with van der Waals surface area (Å²) in [6, 6.07) is 14.4. The van der Waals surface area contributed by atoms with Crippen LogP contribution < -0.4 is 5.32 Å². The Morgan fingerprint density at radius 2 is 1.81 bits per heavy atom. The Balaban J connectivity index is 0.00000243. The summed E-state index contributed by atoms with van der Waals surface area (Å²) in [6.07, 6.45) is 1.36. The highest BCUT2D eigenvalue weighted by Crippen LogP contribution is 2.26. The quantitative estimate of drug-likeness (QED) is 0.412. The highest BCUT2D eigenvalue weighted by molar-refractivity contribution is 14.0. The summed E-state index contributed by atoms with van der Waals surface area (Å²) in [7, 11) is 1.74. The number of aliphatic imine (C=N–C) groups is 1. The van der Waals surface area contributed by atoms with E-state index >= 15 is 0 Å². The van der Waals surface area contributed by atoms with Gasteiger partial charge in [-0.15, -0.1) is 24.0 Å². The Morgan fingerprint density at radius 1 is 1.12 bits per heavy atom. The normalized spacial score (nSPS) is 17.1. The zero-order valence-corrected chi connectivity index (χ0v) is 17.1. The van der Waals surface area contributed by atoms with Crippen LogP contribution in [0.5, 0.6) is 0 Å². The number of nitrogens with one attached hydrogen (secondary N) is 1. The topological polar surface area (TPSA) is 27.6 Å². The highest BCUT2D eigenvalue weighted by Gasteiger charge is 2.25. The van der Waals surface area contributed by atoms with Crippen LogP contribution in [0.25, 0.3) is 0 Å². The van der Waals surface area contributed by atoms with Crippen LogP contribution >= 0.6 is 24.0 Å². The smallest absolute Gasteiger partial charge is 0.193 e. The van der Waals surface area contributed by atoms with E-state index in [-0.39, 0.29) is 36.0 Å². The molecule has 1 aliphatic heterocycles. The molecule has 1 heterocycles. The molecule has 2 aromatic carbocycles. The predicted molar refractivity (Wildman–Crippen MR) is 112 cm³/mol. The van der Waals surface area contributed by atoms with E-state index in [0.717, 1.165) is 25.5 Å². The van der Waals surface area contributed by atoms with Crippen molar-refractivity contribution in [2.45, 2.75) is 18.8 Å². The Hall–Kier alpha value is -1.70. The second-order valence-electron chi connectivity index (χ2n) is 6.27. The number of benzene rings is 2. The Bertz CT molecular complexity index is 717. The molecule has 0 aromatic heterocycles. The van der Waals surface area contributed by atoms with Crippen molar-refractivity contribution in [2.24, 2.45) is 4.99 Å². The fraction of sp³-hybridized carbons (Fsp3) is 0.350. The minimum atomic E-state index is -0.498. The van der Waals surface area contributed by atoms with Crippen LogP contribution in [0.1, 0.15) is 23.5 Å². The minimum absolute atomic E-state index is 0. The van der Waals surface area contributed by atoms with Gasteiger partial charge in [-0.25, -0.2) is 8.78 Å². The average Bonchev–Trinajstić information content (AvgIpc) is 3.11. The molecule has 0 amide bonds. The summed E-state index contributed by atoms with van der Waals surface area (Å²) >= 11 is 0. The molecule has 1 aliphatic rings. The van der Waals surface area contributed by atoms with E-state index in [0.29, 0.717) is 12.5 Å². The second-order valence-corrected chi connectivity index (χ2v) is 6.27. The van der Waals surface area contributed by atoms with Crippen molar-refractivity contribution in [3.63, 3.8) is 0 Å². The summed E-state index contributed by atoms with van der Waals surface area (Å²) in [5.41, 5.74) is 1.46. The lowest BCUT2D eigenvalue weighted by atomic mass is 9.99. The maximum atomic E-state index is 13.7. The molecule has 0 bridgehead atoms. The largest absolute Gasteiger partial charge is 0.356 e. The van der Waals surface area contributed by atoms with Crippen LogP contribution in [0.4, 0.5) is 8.78 Å². The third kappa shape index (κ3) is 4.93. The SMILES string of the molecule is CN=C(NCCc1c(F)cccc1F)N1CCC(c2ccccc2)C1.I. The van der Waals surface area contributed by atoms with Gasteiger partial charge in [0, 0.05) is 38.2 Å². The Morgan fingerprint density at radius 3 is 2.46 bits per heavy atom. The van der Waals surface area contributed by atoms with Gasteiger partial charge >= 0.3 is 0 Å². The van der Waals surface area contributed by atoms with Crippen LogP contribution in [0, 0.1) is 11.6 Å². The van der Waals surface area contributed by atoms with Gasteiger partial charge < -0.3 is 10.2 Å². The van der Waals surface area contributed by atoms with Gasteiger partial charge in [-0.05, 0) is 30.5 Å². The molecule has 0 saturated carbocycles. The second kappa shape index (κ2) is 9.85. The van der Waals surface area contributed by atoms with Crippen LogP contribution in [0.15, 0.2) is 53.5 Å². The number of guanidine groups is 1. The zero-order valence-electron chi connectivity index (χ0n) is 14.8. The van der Waals surface area contributed by atoms with Crippen molar-refractivity contribution in [3.8, 4) is 0 Å². The van der Waals surface area contributed by atoms with Gasteiger partial charge in [0.15, 0.2) is 5.96 Å². The van der Waals surface area contributed by atoms with E-state index in [9.17, 15) is 8.78 Å². The number of hydrogen-bond donors (Lipinski definition) is 1. The zero-order chi connectivity index (χ0) is 17.6. The molecule has 2 aromatic rings. The first kappa shape index (κ1) is 20.6. The molecular weight excluding hydrogens is 447 g/mol. The van der Waals surface area contributed by atoms with Gasteiger partial charge in [-0.2, -0.15) is 0 Å². The number of rotatable bonds is 4. The lowest BCUT2D eigenvalue weighted by Gasteiger charge is -2.22. The Kier molecular flexibility index (Phi) is 7.81. The van der Waals surface area contributed by atoms with E-state index in [1.165, 1.54) is 23.8 Å². The molecule has 3 nitrogen and oxygen atoms in total. The number of likely N-dealkylation sites (tertiary alicyclic amines) is 1. The van der Waals surface area contributed by atoms with Crippen LogP contribution in [0.2, 0.25) is 0 Å². The third-order valence-electron chi connectivity index (χ3n) is 4.69. The molecule has 26 heavy (non-hydrogen) atoms. The van der Waals surface area contributed by atoms with E-state index in [1.54, 1.807) is 7.05 Å². The molecule has 3 rings (SSSR count). The monoisotopic (exact) mass is 471 g/mol. The molecule has 6 heteroatoms.